The Bertz CT molecular complexity index is 1510. The first-order valence-electron chi connectivity index (χ1n) is 15.2. The lowest BCUT2D eigenvalue weighted by Crippen LogP contribution is -2.52. The van der Waals surface area contributed by atoms with Gasteiger partial charge in [0.25, 0.3) is 0 Å². The third-order valence-corrected chi connectivity index (χ3v) is 8.86. The van der Waals surface area contributed by atoms with Gasteiger partial charge in [-0.1, -0.05) is 50.6 Å². The molecule has 0 aliphatic rings. The SMILES string of the molecule is CCCCS(=O)(=O)C[C@@H](NC(=O)OCc1cccnc1)C(=O)O[C@H](CNCc1cccc(CC)c1)[C@@H](N)Cc1cc(F)cc(F)c1. The lowest BCUT2D eigenvalue weighted by molar-refractivity contribution is -0.151. The molecule has 0 fully saturated rings. The number of benzene rings is 2. The average Bonchev–Trinajstić information content (AvgIpc) is 3.02. The molecule has 1 amide bonds. The molecule has 0 radical (unpaired) electrons. The van der Waals surface area contributed by atoms with E-state index < -0.39 is 57.5 Å². The molecule has 0 bridgehead atoms. The first-order valence-corrected chi connectivity index (χ1v) is 17.0. The van der Waals surface area contributed by atoms with Gasteiger partial charge >= 0.3 is 12.1 Å². The molecule has 0 unspecified atom stereocenters. The first kappa shape index (κ1) is 36.5. The van der Waals surface area contributed by atoms with Crippen molar-refractivity contribution in [1.82, 2.24) is 15.6 Å². The Balaban J connectivity index is 1.78. The molecule has 1 heterocycles. The second-order valence-electron chi connectivity index (χ2n) is 11.0. The average molecular weight is 661 g/mol. The maximum atomic E-state index is 13.9. The summed E-state index contributed by atoms with van der Waals surface area (Å²) in [5.74, 6) is -3.51. The van der Waals surface area contributed by atoms with E-state index in [1.54, 1.807) is 18.3 Å². The zero-order valence-electron chi connectivity index (χ0n) is 26.1. The van der Waals surface area contributed by atoms with Crippen molar-refractivity contribution in [2.75, 3.05) is 18.1 Å². The molecule has 250 valence electrons. The van der Waals surface area contributed by atoms with Gasteiger partial charge in [0.1, 0.15) is 30.4 Å². The highest BCUT2D eigenvalue weighted by Crippen LogP contribution is 2.14. The predicted molar refractivity (Wildman–Crippen MR) is 170 cm³/mol. The normalized spacial score (nSPS) is 13.4. The van der Waals surface area contributed by atoms with Crippen molar-refractivity contribution in [3.63, 3.8) is 0 Å². The number of hydrogen-bond donors (Lipinski definition) is 3. The van der Waals surface area contributed by atoms with Crippen LogP contribution in [0.5, 0.6) is 0 Å². The highest BCUT2D eigenvalue weighted by atomic mass is 32.2. The standard InChI is InChI=1S/C33H42F2N4O6S/c1-3-5-12-46(42,43)22-30(39-33(41)44-21-25-10-7-11-37-19-25)32(40)45-31(20-38-18-24-9-6-8-23(4-2)13-24)29(36)16-26-14-27(34)17-28(35)15-26/h6-11,13-15,17,19,29-31,38H,3-5,12,16,18,20-22,36H2,1-2H3,(H,39,41)/t29-,30+,31+/m0/s1. The van der Waals surface area contributed by atoms with Crippen molar-refractivity contribution in [2.45, 2.75) is 70.9 Å². The number of alkyl carbamates (subject to hydrolysis) is 1. The van der Waals surface area contributed by atoms with Gasteiger partial charge in [-0.3, -0.25) is 4.98 Å². The Morgan fingerprint density at radius 3 is 2.37 bits per heavy atom. The smallest absolute Gasteiger partial charge is 0.408 e. The summed E-state index contributed by atoms with van der Waals surface area (Å²) in [7, 11) is -3.79. The van der Waals surface area contributed by atoms with E-state index in [0.717, 1.165) is 35.7 Å². The first-order chi connectivity index (χ1) is 22.0. The number of rotatable bonds is 18. The van der Waals surface area contributed by atoms with Crippen molar-refractivity contribution in [3.05, 3.63) is 101 Å². The Morgan fingerprint density at radius 2 is 1.70 bits per heavy atom. The number of carbonyl (C=O) groups is 2. The van der Waals surface area contributed by atoms with Crippen molar-refractivity contribution < 1.29 is 36.3 Å². The number of esters is 1. The van der Waals surface area contributed by atoms with Crippen LogP contribution in [-0.4, -0.2) is 61.7 Å². The topological polar surface area (TPSA) is 150 Å². The summed E-state index contributed by atoms with van der Waals surface area (Å²) in [6.45, 7) is 4.14. The Labute approximate surface area is 269 Å². The van der Waals surface area contributed by atoms with Gasteiger partial charge in [-0.25, -0.2) is 26.8 Å². The van der Waals surface area contributed by atoms with Crippen LogP contribution in [0.4, 0.5) is 13.6 Å². The number of halogens is 2. The molecule has 0 spiro atoms. The fourth-order valence-electron chi connectivity index (χ4n) is 4.65. The minimum atomic E-state index is -3.79. The van der Waals surface area contributed by atoms with Crippen LogP contribution in [0.3, 0.4) is 0 Å². The molecule has 0 aliphatic heterocycles. The van der Waals surface area contributed by atoms with Gasteiger partial charge in [0, 0.05) is 43.2 Å². The maximum absolute atomic E-state index is 13.9. The number of aromatic nitrogens is 1. The largest absolute Gasteiger partial charge is 0.458 e. The van der Waals surface area contributed by atoms with Crippen molar-refractivity contribution in [3.8, 4) is 0 Å². The minimum Gasteiger partial charge on any atom is -0.458 e. The zero-order valence-corrected chi connectivity index (χ0v) is 26.9. The highest BCUT2D eigenvalue weighted by Gasteiger charge is 2.32. The van der Waals surface area contributed by atoms with Crippen LogP contribution >= 0.6 is 0 Å². The van der Waals surface area contributed by atoms with E-state index in [2.05, 4.69) is 15.6 Å². The number of unbranched alkanes of at least 4 members (excludes halogenated alkanes) is 1. The van der Waals surface area contributed by atoms with Crippen LogP contribution in [0.2, 0.25) is 0 Å². The molecule has 3 atom stereocenters. The van der Waals surface area contributed by atoms with Gasteiger partial charge < -0.3 is 25.8 Å². The fourth-order valence-corrected chi connectivity index (χ4v) is 6.27. The molecule has 10 nitrogen and oxygen atoms in total. The molecule has 3 rings (SSSR count). The number of ether oxygens (including phenoxy) is 2. The van der Waals surface area contributed by atoms with E-state index >= 15 is 0 Å². The number of hydrogen-bond acceptors (Lipinski definition) is 9. The molecule has 2 aromatic carbocycles. The molecule has 3 aromatic rings. The van der Waals surface area contributed by atoms with Gasteiger partial charge in [0.05, 0.1) is 11.5 Å². The summed E-state index contributed by atoms with van der Waals surface area (Å²) in [6.07, 6.45) is 2.73. The molecule has 13 heteroatoms. The molecular weight excluding hydrogens is 618 g/mol. The second kappa shape index (κ2) is 18.3. The summed E-state index contributed by atoms with van der Waals surface area (Å²) in [4.78, 5) is 30.1. The number of carbonyl (C=O) groups excluding carboxylic acids is 2. The summed E-state index contributed by atoms with van der Waals surface area (Å²) < 4.78 is 64.4. The quantitative estimate of drug-likeness (QED) is 0.172. The minimum absolute atomic E-state index is 0.0296. The highest BCUT2D eigenvalue weighted by molar-refractivity contribution is 7.91. The van der Waals surface area contributed by atoms with Crippen LogP contribution in [0.15, 0.2) is 67.0 Å². The molecular formula is C33H42F2N4O6S. The van der Waals surface area contributed by atoms with Crippen LogP contribution in [0.25, 0.3) is 0 Å². The van der Waals surface area contributed by atoms with E-state index in [9.17, 15) is 26.8 Å². The van der Waals surface area contributed by atoms with E-state index in [4.69, 9.17) is 15.2 Å². The maximum Gasteiger partial charge on any atom is 0.408 e. The summed E-state index contributed by atoms with van der Waals surface area (Å²) in [6, 6.07) is 11.7. The van der Waals surface area contributed by atoms with Crippen LogP contribution < -0.4 is 16.4 Å². The molecule has 0 saturated carbocycles. The number of nitrogens with one attached hydrogen (secondary N) is 2. The van der Waals surface area contributed by atoms with Crippen LogP contribution in [0.1, 0.15) is 48.9 Å². The van der Waals surface area contributed by atoms with Crippen molar-refractivity contribution in [2.24, 2.45) is 5.73 Å². The number of nitrogens with two attached hydrogens (primary N) is 1. The monoisotopic (exact) mass is 660 g/mol. The molecule has 1 aromatic heterocycles. The number of sulfone groups is 1. The van der Waals surface area contributed by atoms with Gasteiger partial charge in [-0.15, -0.1) is 0 Å². The predicted octanol–water partition coefficient (Wildman–Crippen LogP) is 4.00. The van der Waals surface area contributed by atoms with Crippen molar-refractivity contribution >= 4 is 21.9 Å². The molecule has 0 saturated heterocycles. The van der Waals surface area contributed by atoms with E-state index in [1.165, 1.54) is 6.20 Å². The lowest BCUT2D eigenvalue weighted by atomic mass is 10.0. The third kappa shape index (κ3) is 12.8. The fraction of sp³-hybridized carbons (Fsp3) is 0.424. The Kier molecular flexibility index (Phi) is 14.5. The van der Waals surface area contributed by atoms with E-state index in [0.29, 0.717) is 24.9 Å². The van der Waals surface area contributed by atoms with E-state index in [1.807, 2.05) is 38.1 Å². The number of aryl methyl sites for hydroxylation is 1. The number of pyridine rings is 1. The van der Waals surface area contributed by atoms with Crippen molar-refractivity contribution in [1.29, 1.82) is 0 Å². The van der Waals surface area contributed by atoms with E-state index in [-0.39, 0.29) is 30.9 Å². The van der Waals surface area contributed by atoms with Gasteiger partial charge in [0.15, 0.2) is 9.84 Å². The van der Waals surface area contributed by atoms with Gasteiger partial charge in [-0.2, -0.15) is 0 Å². The zero-order chi connectivity index (χ0) is 33.5. The van der Waals surface area contributed by atoms with Gasteiger partial charge in [-0.05, 0) is 54.2 Å². The third-order valence-electron chi connectivity index (χ3n) is 7.11. The Hall–Kier alpha value is -3.94. The van der Waals surface area contributed by atoms with Crippen LogP contribution in [0, 0.1) is 11.6 Å². The second-order valence-corrected chi connectivity index (χ2v) is 13.3. The summed E-state index contributed by atoms with van der Waals surface area (Å²) in [5, 5.41) is 5.53. The van der Waals surface area contributed by atoms with Crippen LogP contribution in [-0.2, 0) is 50.1 Å². The number of nitrogens with zero attached hydrogens (tertiary/aromatic N) is 1. The summed E-state index contributed by atoms with van der Waals surface area (Å²) >= 11 is 0. The number of amides is 1. The molecule has 4 N–H and O–H groups in total. The summed E-state index contributed by atoms with van der Waals surface area (Å²) in [5.41, 5.74) is 9.38. The lowest BCUT2D eigenvalue weighted by Gasteiger charge is -2.27. The molecule has 0 aliphatic carbocycles. The Morgan fingerprint density at radius 1 is 0.978 bits per heavy atom. The molecule has 46 heavy (non-hydrogen) atoms. The van der Waals surface area contributed by atoms with Gasteiger partial charge in [0.2, 0.25) is 0 Å².